The summed E-state index contributed by atoms with van der Waals surface area (Å²) in [6, 6.07) is 1.95. The molecule has 7 nitrogen and oxygen atoms in total. The molecule has 19 heavy (non-hydrogen) atoms. The van der Waals surface area contributed by atoms with E-state index < -0.39 is 17.9 Å². The molecule has 0 spiro atoms. The van der Waals surface area contributed by atoms with Crippen LogP contribution >= 0.6 is 0 Å². The topological polar surface area (TPSA) is 99.6 Å². The largest absolute Gasteiger partial charge is 0.478 e. The first-order valence-electron chi connectivity index (χ1n) is 5.55. The molecule has 1 aromatic heterocycles. The number of carbonyl (C=O) groups is 3. The molecule has 1 unspecified atom stereocenters. The molecule has 2 N–H and O–H groups in total. The molecule has 0 fully saturated rings. The minimum atomic E-state index is -1.25. The molecule has 0 aromatic carbocycles. The summed E-state index contributed by atoms with van der Waals surface area (Å²) < 4.78 is 0. The molecule has 1 aromatic rings. The van der Waals surface area contributed by atoms with Gasteiger partial charge in [-0.05, 0) is 19.1 Å². The summed E-state index contributed by atoms with van der Waals surface area (Å²) in [6.07, 6.45) is 1.32. The van der Waals surface area contributed by atoms with Crippen LogP contribution in [0.2, 0.25) is 0 Å². The number of nitrogens with zero attached hydrogens (tertiary/aromatic N) is 2. The Morgan fingerprint density at radius 3 is 2.53 bits per heavy atom. The maximum atomic E-state index is 11.9. The number of nitrogens with one attached hydrogen (secondary N) is 1. The summed E-state index contributed by atoms with van der Waals surface area (Å²) in [7, 11) is 3.13. The quantitative estimate of drug-likeness (QED) is 0.797. The highest BCUT2D eigenvalue weighted by Crippen LogP contribution is 2.05. The van der Waals surface area contributed by atoms with E-state index in [1.165, 1.54) is 30.2 Å². The van der Waals surface area contributed by atoms with E-state index in [-0.39, 0.29) is 17.2 Å². The Bertz CT molecular complexity index is 513. The van der Waals surface area contributed by atoms with E-state index in [9.17, 15) is 14.4 Å². The first-order chi connectivity index (χ1) is 8.84. The molecule has 7 heteroatoms. The second-order valence-electron chi connectivity index (χ2n) is 4.13. The highest BCUT2D eigenvalue weighted by molar-refractivity contribution is 6.04. The van der Waals surface area contributed by atoms with Crippen molar-refractivity contribution in [3.8, 4) is 0 Å². The van der Waals surface area contributed by atoms with Crippen molar-refractivity contribution in [3.05, 3.63) is 29.6 Å². The van der Waals surface area contributed by atoms with Crippen molar-refractivity contribution >= 4 is 17.8 Å². The molecule has 0 bridgehead atoms. The lowest BCUT2D eigenvalue weighted by Gasteiger charge is -2.18. The van der Waals surface area contributed by atoms with Gasteiger partial charge in [0.25, 0.3) is 5.91 Å². The van der Waals surface area contributed by atoms with E-state index in [0.717, 1.165) is 0 Å². The summed E-state index contributed by atoms with van der Waals surface area (Å²) >= 11 is 0. The van der Waals surface area contributed by atoms with E-state index in [0.29, 0.717) is 0 Å². The van der Waals surface area contributed by atoms with Gasteiger partial charge in [0.2, 0.25) is 5.91 Å². The standard InChI is InChI=1S/C12H15N3O4/c1-7(11(17)15(2)3)14-10(16)9-8(12(18)19)5-4-6-13-9/h4-7H,1-3H3,(H,14,16)(H,18,19). The zero-order valence-electron chi connectivity index (χ0n) is 10.9. The number of carboxylic acids is 1. The fraction of sp³-hybridized carbons (Fsp3) is 0.333. The van der Waals surface area contributed by atoms with Gasteiger partial charge in [-0.25, -0.2) is 4.79 Å². The van der Waals surface area contributed by atoms with E-state index >= 15 is 0 Å². The molecule has 0 aliphatic carbocycles. The predicted molar refractivity (Wildman–Crippen MR) is 66.8 cm³/mol. The smallest absolute Gasteiger partial charge is 0.338 e. The zero-order valence-corrected chi connectivity index (χ0v) is 10.9. The molecule has 2 amide bonds. The van der Waals surface area contributed by atoms with Crippen LogP contribution < -0.4 is 5.32 Å². The van der Waals surface area contributed by atoms with Crippen molar-refractivity contribution in [2.24, 2.45) is 0 Å². The monoisotopic (exact) mass is 265 g/mol. The van der Waals surface area contributed by atoms with Crippen LogP contribution in [-0.2, 0) is 4.79 Å². The Hall–Kier alpha value is -2.44. The van der Waals surface area contributed by atoms with Gasteiger partial charge in [-0.15, -0.1) is 0 Å². The van der Waals surface area contributed by atoms with Gasteiger partial charge in [-0.3, -0.25) is 14.6 Å². The first-order valence-corrected chi connectivity index (χ1v) is 5.55. The summed E-state index contributed by atoms with van der Waals surface area (Å²) in [5.74, 6) is -2.23. The van der Waals surface area contributed by atoms with Gasteiger partial charge in [-0.2, -0.15) is 0 Å². The number of aromatic carboxylic acids is 1. The van der Waals surface area contributed by atoms with Gasteiger partial charge in [-0.1, -0.05) is 0 Å². The van der Waals surface area contributed by atoms with Crippen LogP contribution in [0.3, 0.4) is 0 Å². The molecule has 0 radical (unpaired) electrons. The fourth-order valence-electron chi connectivity index (χ4n) is 1.47. The summed E-state index contributed by atoms with van der Waals surface area (Å²) in [5, 5.41) is 11.4. The van der Waals surface area contributed by atoms with Crippen molar-refractivity contribution < 1.29 is 19.5 Å². The molecule has 1 rings (SSSR count). The highest BCUT2D eigenvalue weighted by atomic mass is 16.4. The SMILES string of the molecule is CC(NC(=O)c1ncccc1C(=O)O)C(=O)N(C)C. The molecule has 0 saturated carbocycles. The maximum absolute atomic E-state index is 11.9. The number of aromatic nitrogens is 1. The molecule has 102 valence electrons. The van der Waals surface area contributed by atoms with Gasteiger partial charge in [0.15, 0.2) is 0 Å². The number of rotatable bonds is 4. The minimum absolute atomic E-state index is 0.204. The lowest BCUT2D eigenvalue weighted by Crippen LogP contribution is -2.44. The Morgan fingerprint density at radius 1 is 1.37 bits per heavy atom. The second-order valence-corrected chi connectivity index (χ2v) is 4.13. The Morgan fingerprint density at radius 2 is 2.00 bits per heavy atom. The van der Waals surface area contributed by atoms with Crippen molar-refractivity contribution in [2.75, 3.05) is 14.1 Å². The normalized spacial score (nSPS) is 11.5. The van der Waals surface area contributed by atoms with E-state index in [1.807, 2.05) is 0 Å². The van der Waals surface area contributed by atoms with Crippen molar-refractivity contribution in [3.63, 3.8) is 0 Å². The van der Waals surface area contributed by atoms with Gasteiger partial charge >= 0.3 is 5.97 Å². The van der Waals surface area contributed by atoms with Crippen LogP contribution in [-0.4, -0.2) is 52.9 Å². The number of carbonyl (C=O) groups excluding carboxylic acids is 2. The summed E-state index contributed by atoms with van der Waals surface area (Å²) in [5.41, 5.74) is -0.419. The number of likely N-dealkylation sites (N-methyl/N-ethyl adjacent to an activating group) is 1. The maximum Gasteiger partial charge on any atom is 0.338 e. The van der Waals surface area contributed by atoms with Crippen LogP contribution in [0.15, 0.2) is 18.3 Å². The molecule has 0 saturated heterocycles. The Balaban J connectivity index is 2.90. The van der Waals surface area contributed by atoms with Gasteiger partial charge in [0.05, 0.1) is 5.56 Å². The van der Waals surface area contributed by atoms with Crippen molar-refractivity contribution in [1.82, 2.24) is 15.2 Å². The third-order valence-corrected chi connectivity index (χ3v) is 2.41. The molecule has 0 aliphatic rings. The first kappa shape index (κ1) is 14.6. The predicted octanol–water partition coefficient (Wildman–Crippen LogP) is -0.0137. The molecule has 1 atom stereocenters. The van der Waals surface area contributed by atoms with Gasteiger partial charge < -0.3 is 15.3 Å². The number of carboxylic acid groups (broad SMARTS) is 1. The van der Waals surface area contributed by atoms with Crippen molar-refractivity contribution in [2.45, 2.75) is 13.0 Å². The average molecular weight is 265 g/mol. The van der Waals surface area contributed by atoms with Crippen LogP contribution in [0.5, 0.6) is 0 Å². The second kappa shape index (κ2) is 5.94. The van der Waals surface area contributed by atoms with Crippen LogP contribution in [0.25, 0.3) is 0 Å². The van der Waals surface area contributed by atoms with E-state index in [1.54, 1.807) is 14.1 Å². The van der Waals surface area contributed by atoms with Crippen molar-refractivity contribution in [1.29, 1.82) is 0 Å². The third-order valence-electron chi connectivity index (χ3n) is 2.41. The van der Waals surface area contributed by atoms with Gasteiger partial charge in [0, 0.05) is 20.3 Å². The number of hydrogen-bond acceptors (Lipinski definition) is 4. The molecule has 0 aliphatic heterocycles. The van der Waals surface area contributed by atoms with Crippen LogP contribution in [0, 0.1) is 0 Å². The molecule has 1 heterocycles. The fourth-order valence-corrected chi connectivity index (χ4v) is 1.47. The highest BCUT2D eigenvalue weighted by Gasteiger charge is 2.22. The molecular formula is C12H15N3O4. The zero-order chi connectivity index (χ0) is 14.6. The Kier molecular flexibility index (Phi) is 4.57. The number of hydrogen-bond donors (Lipinski definition) is 2. The number of pyridine rings is 1. The lowest BCUT2D eigenvalue weighted by molar-refractivity contribution is -0.130. The third kappa shape index (κ3) is 3.51. The molecular weight excluding hydrogens is 250 g/mol. The number of amides is 2. The average Bonchev–Trinajstić information content (AvgIpc) is 2.37. The lowest BCUT2D eigenvalue weighted by atomic mass is 10.1. The van der Waals surface area contributed by atoms with E-state index in [4.69, 9.17) is 5.11 Å². The van der Waals surface area contributed by atoms with Crippen LogP contribution in [0.4, 0.5) is 0 Å². The van der Waals surface area contributed by atoms with Gasteiger partial charge in [0.1, 0.15) is 11.7 Å². The Labute approximate surface area is 110 Å². The van der Waals surface area contributed by atoms with Crippen LogP contribution in [0.1, 0.15) is 27.8 Å². The summed E-state index contributed by atoms with van der Waals surface area (Å²) in [4.78, 5) is 39.5. The summed E-state index contributed by atoms with van der Waals surface area (Å²) in [6.45, 7) is 1.52. The minimum Gasteiger partial charge on any atom is -0.478 e. The van der Waals surface area contributed by atoms with E-state index in [2.05, 4.69) is 10.3 Å².